The highest BCUT2D eigenvalue weighted by molar-refractivity contribution is 8.00. The van der Waals surface area contributed by atoms with Gasteiger partial charge in [0.15, 0.2) is 0 Å². The highest BCUT2D eigenvalue weighted by atomic mass is 32.2. The molecule has 1 aromatic heterocycles. The van der Waals surface area contributed by atoms with Gasteiger partial charge in [-0.2, -0.15) is 0 Å². The van der Waals surface area contributed by atoms with Crippen LogP contribution < -0.4 is 5.32 Å². The number of benzene rings is 1. The topological polar surface area (TPSA) is 42.0 Å². The van der Waals surface area contributed by atoms with Gasteiger partial charge in [-0.3, -0.25) is 4.79 Å². The van der Waals surface area contributed by atoms with E-state index < -0.39 is 0 Å². The Morgan fingerprint density at radius 1 is 1.41 bits per heavy atom. The van der Waals surface area contributed by atoms with Gasteiger partial charge in [-0.1, -0.05) is 35.5 Å². The number of carbonyl (C=O) groups is 1. The second-order valence-electron chi connectivity index (χ2n) is 5.84. The van der Waals surface area contributed by atoms with Crippen molar-refractivity contribution in [3.63, 3.8) is 0 Å². The van der Waals surface area contributed by atoms with Gasteiger partial charge in [-0.25, -0.2) is 4.98 Å². The normalized spacial score (nSPS) is 14.1. The lowest BCUT2D eigenvalue weighted by Gasteiger charge is -2.05. The Balaban J connectivity index is 1.54. The van der Waals surface area contributed by atoms with Crippen LogP contribution >= 0.6 is 23.1 Å². The molecule has 0 unspecified atom stereocenters. The number of aryl methyl sites for hydroxylation is 2. The minimum atomic E-state index is 0.0962. The maximum absolute atomic E-state index is 11.8. The molecule has 3 rings (SSSR count). The Morgan fingerprint density at radius 3 is 3.00 bits per heavy atom. The number of rotatable bonds is 6. The van der Waals surface area contributed by atoms with Crippen LogP contribution in [0.5, 0.6) is 0 Å². The van der Waals surface area contributed by atoms with Gasteiger partial charge in [-0.05, 0) is 37.8 Å². The fraction of sp³-hybridized carbons (Fsp3) is 0.412. The first-order chi connectivity index (χ1) is 10.6. The summed E-state index contributed by atoms with van der Waals surface area (Å²) in [5.41, 5.74) is 4.84. The van der Waals surface area contributed by atoms with Crippen LogP contribution in [0.1, 0.15) is 35.2 Å². The first-order valence-corrected chi connectivity index (χ1v) is 9.39. The molecule has 1 aromatic carbocycles. The Bertz CT molecular complexity index is 677. The average Bonchev–Trinajstić information content (AvgIpc) is 3.17. The number of thiazole rings is 1. The van der Waals surface area contributed by atoms with Gasteiger partial charge in [0, 0.05) is 17.2 Å². The smallest absolute Gasteiger partial charge is 0.226 e. The Labute approximate surface area is 139 Å². The standard InChI is InChI=1S/C17H20N2OS2/c1-11-3-4-12(2)13(7-11)9-21-17-19-15(10-22-17)8-16(20)18-14-5-6-14/h3-4,7,10,14H,5-6,8-9H2,1-2H3,(H,18,20). The first kappa shape index (κ1) is 15.6. The third-order valence-electron chi connectivity index (χ3n) is 3.67. The summed E-state index contributed by atoms with van der Waals surface area (Å²) in [5.74, 6) is 1.02. The molecule has 0 atom stereocenters. The SMILES string of the molecule is Cc1ccc(C)c(CSc2nc(CC(=O)NC3CC3)cs2)c1. The van der Waals surface area contributed by atoms with Crippen molar-refractivity contribution in [3.8, 4) is 0 Å². The molecule has 0 spiro atoms. The van der Waals surface area contributed by atoms with E-state index in [0.717, 1.165) is 28.6 Å². The summed E-state index contributed by atoms with van der Waals surface area (Å²) in [6.45, 7) is 4.26. The summed E-state index contributed by atoms with van der Waals surface area (Å²) in [6, 6.07) is 6.97. The van der Waals surface area contributed by atoms with E-state index in [0.29, 0.717) is 12.5 Å². The van der Waals surface area contributed by atoms with E-state index in [-0.39, 0.29) is 5.91 Å². The van der Waals surface area contributed by atoms with E-state index in [1.807, 2.05) is 5.38 Å². The van der Waals surface area contributed by atoms with Crippen LogP contribution in [0.2, 0.25) is 0 Å². The number of amides is 1. The summed E-state index contributed by atoms with van der Waals surface area (Å²) < 4.78 is 1.04. The van der Waals surface area contributed by atoms with Crippen molar-refractivity contribution in [2.75, 3.05) is 0 Å². The fourth-order valence-corrected chi connectivity index (χ4v) is 4.11. The van der Waals surface area contributed by atoms with E-state index in [9.17, 15) is 4.79 Å². The fourth-order valence-electron chi connectivity index (χ4n) is 2.20. The highest BCUT2D eigenvalue weighted by Gasteiger charge is 2.23. The molecule has 1 heterocycles. The van der Waals surface area contributed by atoms with Gasteiger partial charge in [0.05, 0.1) is 12.1 Å². The van der Waals surface area contributed by atoms with Gasteiger partial charge >= 0.3 is 0 Å². The quantitative estimate of drug-likeness (QED) is 0.817. The molecule has 22 heavy (non-hydrogen) atoms. The van der Waals surface area contributed by atoms with Gasteiger partial charge in [0.2, 0.25) is 5.91 Å². The molecular weight excluding hydrogens is 312 g/mol. The lowest BCUT2D eigenvalue weighted by Crippen LogP contribution is -2.27. The van der Waals surface area contributed by atoms with Crippen molar-refractivity contribution in [2.24, 2.45) is 0 Å². The molecule has 0 saturated heterocycles. The maximum atomic E-state index is 11.8. The Kier molecular flexibility index (Phi) is 4.84. The molecule has 1 aliphatic carbocycles. The number of hydrogen-bond acceptors (Lipinski definition) is 4. The predicted molar refractivity (Wildman–Crippen MR) is 92.5 cm³/mol. The number of nitrogens with one attached hydrogen (secondary N) is 1. The number of hydrogen-bond donors (Lipinski definition) is 1. The molecule has 1 N–H and O–H groups in total. The largest absolute Gasteiger partial charge is 0.353 e. The van der Waals surface area contributed by atoms with Gasteiger partial charge in [0.1, 0.15) is 4.34 Å². The zero-order chi connectivity index (χ0) is 15.5. The van der Waals surface area contributed by atoms with Crippen molar-refractivity contribution in [3.05, 3.63) is 46.0 Å². The lowest BCUT2D eigenvalue weighted by atomic mass is 10.1. The molecular formula is C17H20N2OS2. The third-order valence-corrected chi connectivity index (χ3v) is 5.79. The Hall–Kier alpha value is -1.33. The van der Waals surface area contributed by atoms with Crippen LogP contribution in [0.25, 0.3) is 0 Å². The van der Waals surface area contributed by atoms with Crippen LogP contribution in [0, 0.1) is 13.8 Å². The molecule has 3 nitrogen and oxygen atoms in total. The van der Waals surface area contributed by atoms with Crippen molar-refractivity contribution >= 4 is 29.0 Å². The molecule has 2 aromatic rings. The number of nitrogens with zero attached hydrogens (tertiary/aromatic N) is 1. The molecule has 1 fully saturated rings. The molecule has 1 amide bonds. The van der Waals surface area contributed by atoms with E-state index in [4.69, 9.17) is 0 Å². The summed E-state index contributed by atoms with van der Waals surface area (Å²) >= 11 is 3.37. The predicted octanol–water partition coefficient (Wildman–Crippen LogP) is 3.87. The molecule has 1 saturated carbocycles. The van der Waals surface area contributed by atoms with E-state index >= 15 is 0 Å². The second-order valence-corrected chi connectivity index (χ2v) is 7.92. The molecule has 5 heteroatoms. The first-order valence-electron chi connectivity index (χ1n) is 7.53. The molecule has 0 aliphatic heterocycles. The monoisotopic (exact) mass is 332 g/mol. The minimum Gasteiger partial charge on any atom is -0.353 e. The van der Waals surface area contributed by atoms with Gasteiger partial charge in [0.25, 0.3) is 0 Å². The second kappa shape index (κ2) is 6.84. The summed E-state index contributed by atoms with van der Waals surface area (Å²) in [5, 5.41) is 5.00. The van der Waals surface area contributed by atoms with Crippen LogP contribution in [0.15, 0.2) is 27.9 Å². The highest BCUT2D eigenvalue weighted by Crippen LogP contribution is 2.28. The zero-order valence-corrected chi connectivity index (χ0v) is 14.5. The van der Waals surface area contributed by atoms with Crippen molar-refractivity contribution in [1.82, 2.24) is 10.3 Å². The van der Waals surface area contributed by atoms with E-state index in [1.54, 1.807) is 23.1 Å². The van der Waals surface area contributed by atoms with Crippen molar-refractivity contribution in [2.45, 2.75) is 49.2 Å². The van der Waals surface area contributed by atoms with Crippen LogP contribution in [-0.4, -0.2) is 16.9 Å². The number of aromatic nitrogens is 1. The van der Waals surface area contributed by atoms with Crippen LogP contribution in [0.4, 0.5) is 0 Å². The van der Waals surface area contributed by atoms with E-state index in [2.05, 4.69) is 42.3 Å². The number of carbonyl (C=O) groups excluding carboxylic acids is 1. The maximum Gasteiger partial charge on any atom is 0.226 e. The zero-order valence-electron chi connectivity index (χ0n) is 12.9. The Morgan fingerprint density at radius 2 is 2.23 bits per heavy atom. The molecule has 1 aliphatic rings. The minimum absolute atomic E-state index is 0.0962. The summed E-state index contributed by atoms with van der Waals surface area (Å²) in [6.07, 6.45) is 2.65. The van der Waals surface area contributed by atoms with Crippen molar-refractivity contribution < 1.29 is 4.79 Å². The van der Waals surface area contributed by atoms with E-state index in [1.165, 1.54) is 16.7 Å². The van der Waals surface area contributed by atoms with Crippen molar-refractivity contribution in [1.29, 1.82) is 0 Å². The number of thioether (sulfide) groups is 1. The molecule has 116 valence electrons. The summed E-state index contributed by atoms with van der Waals surface area (Å²) in [7, 11) is 0. The third kappa shape index (κ3) is 4.34. The van der Waals surface area contributed by atoms with Gasteiger partial charge in [-0.15, -0.1) is 11.3 Å². The molecule has 0 radical (unpaired) electrons. The average molecular weight is 332 g/mol. The van der Waals surface area contributed by atoms with Crippen LogP contribution in [0.3, 0.4) is 0 Å². The van der Waals surface area contributed by atoms with Gasteiger partial charge < -0.3 is 5.32 Å². The lowest BCUT2D eigenvalue weighted by molar-refractivity contribution is -0.120. The molecule has 0 bridgehead atoms. The summed E-state index contributed by atoms with van der Waals surface area (Å²) in [4.78, 5) is 16.3. The van der Waals surface area contributed by atoms with Crippen LogP contribution in [-0.2, 0) is 17.0 Å².